The van der Waals surface area contributed by atoms with Gasteiger partial charge in [0.05, 0.1) is 0 Å². The molecule has 0 bridgehead atoms. The maximum atomic E-state index is 5.60. The van der Waals surface area contributed by atoms with Crippen LogP contribution in [0.15, 0.2) is 4.42 Å². The highest BCUT2D eigenvalue weighted by Crippen LogP contribution is 2.27. The minimum Gasteiger partial charge on any atom is -0.425 e. The van der Waals surface area contributed by atoms with E-state index in [0.29, 0.717) is 24.1 Å². The Morgan fingerprint density at radius 3 is 2.40 bits per heavy atom. The van der Waals surface area contributed by atoms with E-state index in [1.165, 1.54) is 0 Å². The molecule has 0 fully saturated rings. The van der Waals surface area contributed by atoms with E-state index in [0.717, 1.165) is 12.3 Å². The summed E-state index contributed by atoms with van der Waals surface area (Å²) in [5, 5.41) is 7.95. The fourth-order valence-corrected chi connectivity index (χ4v) is 1.28. The first-order chi connectivity index (χ1) is 6.93. The number of halogens is 1. The second-order valence-corrected chi connectivity index (χ2v) is 5.38. The van der Waals surface area contributed by atoms with E-state index in [2.05, 4.69) is 37.9 Å². The number of nitrogens with zero attached hydrogens (tertiary/aromatic N) is 2. The lowest BCUT2D eigenvalue weighted by Crippen LogP contribution is -2.19. The fraction of sp³-hybridized carbons (Fsp3) is 0.818. The smallest absolute Gasteiger partial charge is 0.217 e. The van der Waals surface area contributed by atoms with Crippen LogP contribution < -0.4 is 0 Å². The Balaban J connectivity index is 2.57. The monoisotopic (exact) mass is 230 g/mol. The Bertz CT molecular complexity index is 304. The third kappa shape index (κ3) is 3.82. The molecule has 1 aromatic heterocycles. The number of hydrogen-bond acceptors (Lipinski definition) is 3. The van der Waals surface area contributed by atoms with Crippen molar-refractivity contribution in [3.05, 3.63) is 11.8 Å². The first-order valence-electron chi connectivity index (χ1n) is 5.30. The molecule has 15 heavy (non-hydrogen) atoms. The van der Waals surface area contributed by atoms with Crippen LogP contribution in [0.4, 0.5) is 0 Å². The van der Waals surface area contributed by atoms with Crippen molar-refractivity contribution in [1.29, 1.82) is 0 Å². The van der Waals surface area contributed by atoms with Gasteiger partial charge in [-0.2, -0.15) is 0 Å². The molecule has 0 aromatic carbocycles. The van der Waals surface area contributed by atoms with Crippen molar-refractivity contribution in [3.8, 4) is 0 Å². The van der Waals surface area contributed by atoms with Crippen molar-refractivity contribution in [2.45, 2.75) is 40.5 Å². The Hall–Kier alpha value is -0.570. The van der Waals surface area contributed by atoms with Crippen molar-refractivity contribution in [2.24, 2.45) is 11.3 Å². The van der Waals surface area contributed by atoms with Crippen molar-refractivity contribution in [3.63, 3.8) is 0 Å². The third-order valence-corrected chi connectivity index (χ3v) is 2.97. The molecule has 0 amide bonds. The summed E-state index contributed by atoms with van der Waals surface area (Å²) < 4.78 is 5.48. The molecule has 0 radical (unpaired) electrons. The lowest BCUT2D eigenvalue weighted by molar-refractivity contribution is 0.243. The summed E-state index contributed by atoms with van der Waals surface area (Å²) in [4.78, 5) is 0. The fourth-order valence-electron chi connectivity index (χ4n) is 1.12. The summed E-state index contributed by atoms with van der Waals surface area (Å²) in [5.41, 5.74) is 0.265. The van der Waals surface area contributed by atoms with Crippen LogP contribution in [0.25, 0.3) is 0 Å². The van der Waals surface area contributed by atoms with Gasteiger partial charge in [-0.1, -0.05) is 27.7 Å². The average Bonchev–Trinajstić information content (AvgIpc) is 2.51. The van der Waals surface area contributed by atoms with Crippen molar-refractivity contribution in [1.82, 2.24) is 10.2 Å². The summed E-state index contributed by atoms with van der Waals surface area (Å²) in [6.45, 7) is 8.85. The molecule has 86 valence electrons. The molecular formula is C11H19ClN2O. The summed E-state index contributed by atoms with van der Waals surface area (Å²) >= 11 is 5.60. The van der Waals surface area contributed by atoms with E-state index in [4.69, 9.17) is 16.0 Å². The van der Waals surface area contributed by atoms with Crippen molar-refractivity contribution in [2.75, 3.05) is 5.88 Å². The van der Waals surface area contributed by atoms with Gasteiger partial charge in [0.1, 0.15) is 0 Å². The van der Waals surface area contributed by atoms with Gasteiger partial charge < -0.3 is 4.42 Å². The van der Waals surface area contributed by atoms with Crippen LogP contribution >= 0.6 is 11.6 Å². The highest BCUT2D eigenvalue weighted by Gasteiger charge is 2.22. The van der Waals surface area contributed by atoms with Gasteiger partial charge in [0.15, 0.2) is 0 Å². The zero-order chi connectivity index (χ0) is 11.5. The zero-order valence-corrected chi connectivity index (χ0v) is 10.6. The minimum atomic E-state index is 0.265. The zero-order valence-electron chi connectivity index (χ0n) is 9.88. The molecule has 0 aliphatic carbocycles. The van der Waals surface area contributed by atoms with Gasteiger partial charge in [-0.3, -0.25) is 0 Å². The highest BCUT2D eigenvalue weighted by molar-refractivity contribution is 6.17. The summed E-state index contributed by atoms with van der Waals surface area (Å²) in [6.07, 6.45) is 1.48. The molecule has 0 aliphatic rings. The minimum absolute atomic E-state index is 0.265. The molecule has 0 spiro atoms. The van der Waals surface area contributed by atoms with Crippen LogP contribution in [-0.4, -0.2) is 16.1 Å². The van der Waals surface area contributed by atoms with Crippen LogP contribution in [0.3, 0.4) is 0 Å². The van der Waals surface area contributed by atoms with Gasteiger partial charge in [-0.15, -0.1) is 21.8 Å². The van der Waals surface area contributed by atoms with Crippen LogP contribution in [0.1, 0.15) is 39.5 Å². The Labute approximate surface area is 96.2 Å². The van der Waals surface area contributed by atoms with E-state index in [1.807, 2.05) is 0 Å². The molecule has 1 atom stereocenters. The molecule has 0 saturated carbocycles. The molecule has 0 aliphatic heterocycles. The van der Waals surface area contributed by atoms with Crippen molar-refractivity contribution >= 4 is 11.6 Å². The SMILES string of the molecule is CC(Cc1nnc(CCCl)o1)C(C)(C)C. The molecular weight excluding hydrogens is 212 g/mol. The molecule has 1 aromatic rings. The van der Waals surface area contributed by atoms with Crippen molar-refractivity contribution < 1.29 is 4.42 Å². The Morgan fingerprint density at radius 1 is 1.27 bits per heavy atom. The van der Waals surface area contributed by atoms with E-state index < -0.39 is 0 Å². The predicted molar refractivity (Wildman–Crippen MR) is 61.0 cm³/mol. The molecule has 1 heterocycles. The van der Waals surface area contributed by atoms with Gasteiger partial charge in [0.2, 0.25) is 11.8 Å². The number of aromatic nitrogens is 2. The molecule has 1 rings (SSSR count). The number of alkyl halides is 1. The van der Waals surface area contributed by atoms with Gasteiger partial charge in [0.25, 0.3) is 0 Å². The number of rotatable bonds is 4. The first kappa shape index (κ1) is 12.5. The van der Waals surface area contributed by atoms with Crippen LogP contribution in [-0.2, 0) is 12.8 Å². The highest BCUT2D eigenvalue weighted by atomic mass is 35.5. The quantitative estimate of drug-likeness (QED) is 0.747. The molecule has 1 unspecified atom stereocenters. The van der Waals surface area contributed by atoms with E-state index >= 15 is 0 Å². The van der Waals surface area contributed by atoms with Crippen LogP contribution in [0.2, 0.25) is 0 Å². The predicted octanol–water partition coefficient (Wildman–Crippen LogP) is 3.08. The Morgan fingerprint density at radius 2 is 1.87 bits per heavy atom. The Kier molecular flexibility index (Phi) is 4.14. The van der Waals surface area contributed by atoms with Crippen LogP contribution in [0.5, 0.6) is 0 Å². The summed E-state index contributed by atoms with van der Waals surface area (Å²) in [5.74, 6) is 2.40. The van der Waals surface area contributed by atoms with Gasteiger partial charge in [-0.05, 0) is 11.3 Å². The second kappa shape index (κ2) is 4.97. The van der Waals surface area contributed by atoms with Gasteiger partial charge in [0, 0.05) is 18.7 Å². The topological polar surface area (TPSA) is 38.9 Å². The summed E-state index contributed by atoms with van der Waals surface area (Å²) in [6, 6.07) is 0. The van der Waals surface area contributed by atoms with Gasteiger partial charge >= 0.3 is 0 Å². The first-order valence-corrected chi connectivity index (χ1v) is 5.84. The molecule has 3 nitrogen and oxygen atoms in total. The van der Waals surface area contributed by atoms with E-state index in [-0.39, 0.29) is 5.41 Å². The maximum Gasteiger partial charge on any atom is 0.217 e. The number of hydrogen-bond donors (Lipinski definition) is 0. The molecule has 4 heteroatoms. The summed E-state index contributed by atoms with van der Waals surface area (Å²) in [7, 11) is 0. The van der Waals surface area contributed by atoms with E-state index in [1.54, 1.807) is 0 Å². The lowest BCUT2D eigenvalue weighted by atomic mass is 9.80. The molecule has 0 N–H and O–H groups in total. The lowest BCUT2D eigenvalue weighted by Gasteiger charge is -2.25. The normalized spacial score (nSPS) is 14.2. The van der Waals surface area contributed by atoms with E-state index in [9.17, 15) is 0 Å². The largest absolute Gasteiger partial charge is 0.425 e. The standard InChI is InChI=1S/C11H19ClN2O/c1-8(11(2,3)4)7-10-14-13-9(15-10)5-6-12/h8H,5-7H2,1-4H3. The van der Waals surface area contributed by atoms with Gasteiger partial charge in [-0.25, -0.2) is 0 Å². The third-order valence-electron chi connectivity index (χ3n) is 2.78. The second-order valence-electron chi connectivity index (χ2n) is 5.00. The van der Waals surface area contributed by atoms with Crippen LogP contribution in [0, 0.1) is 11.3 Å². The molecule has 0 saturated heterocycles. The average molecular weight is 231 g/mol. The number of aryl methyl sites for hydroxylation is 1. The maximum absolute atomic E-state index is 5.60.